The molecule has 2 rings (SSSR count). The summed E-state index contributed by atoms with van der Waals surface area (Å²) in [6, 6.07) is 0.0574. The van der Waals surface area contributed by atoms with Gasteiger partial charge in [0, 0.05) is 18.5 Å². The van der Waals surface area contributed by atoms with Crippen molar-refractivity contribution >= 4 is 11.8 Å². The second-order valence-corrected chi connectivity index (χ2v) is 8.60. The van der Waals surface area contributed by atoms with Gasteiger partial charge in [-0.25, -0.2) is 0 Å². The molecule has 0 aliphatic heterocycles. The van der Waals surface area contributed by atoms with E-state index in [9.17, 15) is 9.59 Å². The Bertz CT molecular complexity index is 436. The molecule has 0 aromatic heterocycles. The third-order valence-corrected chi connectivity index (χ3v) is 5.54. The van der Waals surface area contributed by atoms with E-state index >= 15 is 0 Å². The van der Waals surface area contributed by atoms with Gasteiger partial charge in [-0.1, -0.05) is 34.1 Å². The highest BCUT2D eigenvalue weighted by Crippen LogP contribution is 2.39. The Kier molecular flexibility index (Phi) is 6.67. The van der Waals surface area contributed by atoms with E-state index in [-0.39, 0.29) is 29.8 Å². The molecule has 0 spiro atoms. The lowest BCUT2D eigenvalue weighted by molar-refractivity contribution is -0.131. The van der Waals surface area contributed by atoms with Gasteiger partial charge in [0.05, 0.1) is 0 Å². The number of hydrogen-bond donors (Lipinski definition) is 3. The topological polar surface area (TPSA) is 84.2 Å². The van der Waals surface area contributed by atoms with Gasteiger partial charge in [0.1, 0.15) is 6.04 Å². The number of nitrogens with one attached hydrogen (secondary N) is 2. The average molecular weight is 338 g/mol. The number of carbonyl (C=O) groups excluding carboxylic acids is 2. The van der Waals surface area contributed by atoms with Crippen LogP contribution >= 0.6 is 0 Å². The highest BCUT2D eigenvalue weighted by molar-refractivity contribution is 5.88. The molecule has 0 saturated heterocycles. The lowest BCUT2D eigenvalue weighted by Crippen LogP contribution is -2.58. The predicted octanol–water partition coefficient (Wildman–Crippen LogP) is 2.20. The molecule has 0 radical (unpaired) electrons. The molecule has 3 atom stereocenters. The summed E-state index contributed by atoms with van der Waals surface area (Å²) < 4.78 is 0. The number of hydrogen-bond acceptors (Lipinski definition) is 3. The zero-order chi connectivity index (χ0) is 17.9. The highest BCUT2D eigenvalue weighted by Gasteiger charge is 2.41. The monoisotopic (exact) mass is 337 g/mol. The molecule has 2 amide bonds. The van der Waals surface area contributed by atoms with E-state index in [4.69, 9.17) is 5.73 Å². The molecule has 2 bridgehead atoms. The van der Waals surface area contributed by atoms with Crippen molar-refractivity contribution < 1.29 is 9.59 Å². The third-order valence-electron chi connectivity index (χ3n) is 5.54. The van der Waals surface area contributed by atoms with Gasteiger partial charge in [0.25, 0.3) is 0 Å². The average Bonchev–Trinajstić information content (AvgIpc) is 2.44. The van der Waals surface area contributed by atoms with Crippen LogP contribution in [0.15, 0.2) is 0 Å². The summed E-state index contributed by atoms with van der Waals surface area (Å²) in [5.41, 5.74) is 6.17. The van der Waals surface area contributed by atoms with E-state index in [0.29, 0.717) is 24.2 Å². The number of carbonyl (C=O) groups is 2. The van der Waals surface area contributed by atoms with Gasteiger partial charge in [-0.3, -0.25) is 9.59 Å². The van der Waals surface area contributed by atoms with Gasteiger partial charge in [0.2, 0.25) is 11.8 Å². The molecule has 0 heterocycles. The van der Waals surface area contributed by atoms with Crippen molar-refractivity contribution in [2.75, 3.05) is 0 Å². The van der Waals surface area contributed by atoms with Crippen molar-refractivity contribution in [3.05, 3.63) is 0 Å². The predicted molar refractivity (Wildman–Crippen MR) is 96.2 cm³/mol. The van der Waals surface area contributed by atoms with Crippen molar-refractivity contribution in [2.24, 2.45) is 29.4 Å². The van der Waals surface area contributed by atoms with Crippen LogP contribution < -0.4 is 16.4 Å². The van der Waals surface area contributed by atoms with Crippen LogP contribution in [0.25, 0.3) is 0 Å². The molecule has 0 aromatic carbocycles. The minimum atomic E-state index is -0.451. The zero-order valence-electron chi connectivity index (χ0n) is 15.7. The fourth-order valence-electron chi connectivity index (χ4n) is 4.42. The van der Waals surface area contributed by atoms with E-state index in [1.807, 2.05) is 27.7 Å². The summed E-state index contributed by atoms with van der Waals surface area (Å²) in [5, 5.41) is 6.21. The third kappa shape index (κ3) is 4.95. The second kappa shape index (κ2) is 8.32. The minimum Gasteiger partial charge on any atom is -0.351 e. The first-order chi connectivity index (χ1) is 11.3. The van der Waals surface area contributed by atoms with E-state index in [0.717, 1.165) is 25.7 Å². The first kappa shape index (κ1) is 19.2. The molecule has 2 aliphatic rings. The van der Waals surface area contributed by atoms with Gasteiger partial charge >= 0.3 is 0 Å². The van der Waals surface area contributed by atoms with Crippen molar-refractivity contribution in [1.82, 2.24) is 10.6 Å². The van der Waals surface area contributed by atoms with Crippen molar-refractivity contribution in [3.8, 4) is 0 Å². The quantitative estimate of drug-likeness (QED) is 0.694. The van der Waals surface area contributed by atoms with Crippen LogP contribution in [0.3, 0.4) is 0 Å². The van der Waals surface area contributed by atoms with E-state index < -0.39 is 6.04 Å². The Morgan fingerprint density at radius 1 is 1.08 bits per heavy atom. The van der Waals surface area contributed by atoms with Gasteiger partial charge in [0.15, 0.2) is 0 Å². The summed E-state index contributed by atoms with van der Waals surface area (Å²) >= 11 is 0. The van der Waals surface area contributed by atoms with Crippen molar-refractivity contribution in [2.45, 2.75) is 84.3 Å². The summed E-state index contributed by atoms with van der Waals surface area (Å²) in [5.74, 6) is 1.29. The Labute approximate surface area is 146 Å². The maximum Gasteiger partial charge on any atom is 0.243 e. The van der Waals surface area contributed by atoms with E-state index in [1.54, 1.807) is 0 Å². The molecule has 4 N–H and O–H groups in total. The van der Waals surface area contributed by atoms with Crippen LogP contribution in [-0.4, -0.2) is 29.9 Å². The molecule has 2 aliphatic carbocycles. The molecular weight excluding hydrogens is 302 g/mol. The lowest BCUT2D eigenvalue weighted by atomic mass is 9.67. The highest BCUT2D eigenvalue weighted by atomic mass is 16.2. The van der Waals surface area contributed by atoms with Crippen LogP contribution in [0.1, 0.15) is 66.2 Å². The Hall–Kier alpha value is -1.10. The van der Waals surface area contributed by atoms with Crippen molar-refractivity contribution in [1.29, 1.82) is 0 Å². The molecular formula is C19H35N3O2. The number of nitrogens with two attached hydrogens (primary N) is 1. The summed E-state index contributed by atoms with van der Waals surface area (Å²) in [7, 11) is 0. The molecule has 0 aromatic rings. The summed E-state index contributed by atoms with van der Waals surface area (Å²) in [4.78, 5) is 24.9. The van der Waals surface area contributed by atoms with Crippen molar-refractivity contribution in [3.63, 3.8) is 0 Å². The summed E-state index contributed by atoms with van der Waals surface area (Å²) in [6.45, 7) is 7.99. The maximum absolute atomic E-state index is 12.8. The normalized spacial score (nSPS) is 31.0. The Morgan fingerprint density at radius 2 is 1.67 bits per heavy atom. The number of fused-ring (bicyclic) bond motifs is 2. The zero-order valence-corrected chi connectivity index (χ0v) is 15.7. The first-order valence-corrected chi connectivity index (χ1v) is 9.63. The molecule has 2 fully saturated rings. The molecule has 3 unspecified atom stereocenters. The van der Waals surface area contributed by atoms with Crippen LogP contribution in [0, 0.1) is 23.7 Å². The van der Waals surface area contributed by atoms with Crippen LogP contribution in [0.4, 0.5) is 0 Å². The van der Waals surface area contributed by atoms with Crippen LogP contribution in [0.5, 0.6) is 0 Å². The first-order valence-electron chi connectivity index (χ1n) is 9.63. The summed E-state index contributed by atoms with van der Waals surface area (Å²) in [6.07, 6.45) is 6.02. The van der Waals surface area contributed by atoms with Gasteiger partial charge < -0.3 is 16.4 Å². The van der Waals surface area contributed by atoms with Gasteiger partial charge in [-0.15, -0.1) is 0 Å². The fraction of sp³-hybridized carbons (Fsp3) is 0.895. The lowest BCUT2D eigenvalue weighted by Gasteiger charge is -2.45. The Morgan fingerprint density at radius 3 is 2.17 bits per heavy atom. The van der Waals surface area contributed by atoms with E-state index in [2.05, 4.69) is 10.6 Å². The SMILES string of the molecule is CC(C)CC(=O)NC(C(=O)NC1C2CCCC1CC(N)C2)C(C)C. The van der Waals surface area contributed by atoms with E-state index in [1.165, 1.54) is 6.42 Å². The standard InChI is InChI=1S/C19H35N3O2/c1-11(2)8-16(23)21-17(12(3)4)19(24)22-18-13-6-5-7-14(18)10-15(20)9-13/h11-15,17-18H,5-10,20H2,1-4H3,(H,21,23)(H,22,24). The smallest absolute Gasteiger partial charge is 0.243 e. The molecule has 138 valence electrons. The van der Waals surface area contributed by atoms with Crippen LogP contribution in [0.2, 0.25) is 0 Å². The largest absolute Gasteiger partial charge is 0.351 e. The van der Waals surface area contributed by atoms with Gasteiger partial charge in [-0.05, 0) is 49.4 Å². The van der Waals surface area contributed by atoms with Crippen LogP contribution in [-0.2, 0) is 9.59 Å². The second-order valence-electron chi connectivity index (χ2n) is 8.60. The number of rotatable bonds is 6. The number of amides is 2. The fourth-order valence-corrected chi connectivity index (χ4v) is 4.42. The van der Waals surface area contributed by atoms with Gasteiger partial charge in [-0.2, -0.15) is 0 Å². The maximum atomic E-state index is 12.8. The molecule has 5 heteroatoms. The molecule has 5 nitrogen and oxygen atoms in total. The molecule has 24 heavy (non-hydrogen) atoms. The Balaban J connectivity index is 1.98. The molecule has 2 saturated carbocycles. The minimum absolute atomic E-state index is 0.0283.